The third-order valence-electron chi connectivity index (χ3n) is 1.91. The van der Waals surface area contributed by atoms with Gasteiger partial charge in [-0.05, 0) is 13.0 Å². The monoisotopic (exact) mass is 240 g/mol. The summed E-state index contributed by atoms with van der Waals surface area (Å²) >= 11 is 0. The number of aromatic nitrogens is 1. The fourth-order valence-corrected chi connectivity index (χ4v) is 1.15. The highest BCUT2D eigenvalue weighted by Gasteiger charge is 2.14. The first-order chi connectivity index (χ1) is 8.10. The number of methoxy groups -OCH3 is 1. The van der Waals surface area contributed by atoms with Crippen molar-refractivity contribution in [1.82, 2.24) is 4.98 Å². The van der Waals surface area contributed by atoms with Crippen LogP contribution in [-0.2, 0) is 9.47 Å². The Balaban J connectivity index is 2.98. The van der Waals surface area contributed by atoms with E-state index in [4.69, 9.17) is 4.74 Å². The lowest BCUT2D eigenvalue weighted by molar-refractivity contribution is 0.186. The number of nitrogens with one attached hydrogen (secondary N) is 1. The number of hydrogen-bond donors (Lipinski definition) is 1. The third kappa shape index (κ3) is 3.17. The van der Waals surface area contributed by atoms with E-state index in [0.29, 0.717) is 6.61 Å². The summed E-state index contributed by atoms with van der Waals surface area (Å²) in [7, 11) is 1.18. The second-order valence-corrected chi connectivity index (χ2v) is 2.99. The normalized spacial score (nSPS) is 9.59. The number of amides is 1. The van der Waals surface area contributed by atoms with Crippen LogP contribution in [0, 0.1) is 5.82 Å². The molecule has 0 aromatic carbocycles. The number of carbonyl (C=O) groups excluding carboxylic acids is 1. The van der Waals surface area contributed by atoms with Gasteiger partial charge >= 0.3 is 6.09 Å². The Hall–Kier alpha value is -2.11. The van der Waals surface area contributed by atoms with E-state index >= 15 is 0 Å². The van der Waals surface area contributed by atoms with Crippen molar-refractivity contribution < 1.29 is 18.7 Å². The van der Waals surface area contributed by atoms with E-state index in [1.54, 1.807) is 6.92 Å². The Morgan fingerprint density at radius 2 is 2.35 bits per heavy atom. The van der Waals surface area contributed by atoms with Crippen LogP contribution >= 0.6 is 0 Å². The average molecular weight is 240 g/mol. The van der Waals surface area contributed by atoms with Gasteiger partial charge in [-0.3, -0.25) is 5.32 Å². The summed E-state index contributed by atoms with van der Waals surface area (Å²) in [5, 5.41) is 2.15. The van der Waals surface area contributed by atoms with Gasteiger partial charge in [0.05, 0.1) is 19.3 Å². The van der Waals surface area contributed by atoms with Crippen molar-refractivity contribution in [3.63, 3.8) is 0 Å². The molecule has 1 amide bonds. The quantitative estimate of drug-likeness (QED) is 0.821. The minimum atomic E-state index is -0.796. The predicted molar refractivity (Wildman–Crippen MR) is 60.9 cm³/mol. The summed E-state index contributed by atoms with van der Waals surface area (Å²) in [6.45, 7) is 5.72. The van der Waals surface area contributed by atoms with Crippen LogP contribution in [0.15, 0.2) is 18.8 Å². The first-order valence-corrected chi connectivity index (χ1v) is 4.91. The molecule has 0 saturated heterocycles. The van der Waals surface area contributed by atoms with E-state index in [9.17, 15) is 9.18 Å². The van der Waals surface area contributed by atoms with Gasteiger partial charge in [0.1, 0.15) is 5.76 Å². The number of hydrogen-bond acceptors (Lipinski definition) is 4. The van der Waals surface area contributed by atoms with Crippen molar-refractivity contribution >= 4 is 17.7 Å². The van der Waals surface area contributed by atoms with Crippen LogP contribution in [-0.4, -0.2) is 24.8 Å². The maximum absolute atomic E-state index is 13.9. The first kappa shape index (κ1) is 13.0. The number of pyridine rings is 1. The Morgan fingerprint density at radius 1 is 1.65 bits per heavy atom. The summed E-state index contributed by atoms with van der Waals surface area (Å²) in [5.41, 5.74) is 0.147. The van der Waals surface area contributed by atoms with Gasteiger partial charge in [0, 0.05) is 6.20 Å². The number of halogens is 1. The Kier molecular flexibility index (Phi) is 4.45. The zero-order valence-corrected chi connectivity index (χ0v) is 9.62. The second-order valence-electron chi connectivity index (χ2n) is 2.99. The number of rotatable bonds is 4. The van der Waals surface area contributed by atoms with Crippen molar-refractivity contribution in [3.8, 4) is 0 Å². The van der Waals surface area contributed by atoms with Crippen LogP contribution in [0.25, 0.3) is 5.76 Å². The molecule has 0 aliphatic carbocycles. The van der Waals surface area contributed by atoms with Crippen LogP contribution in [0.3, 0.4) is 0 Å². The lowest BCUT2D eigenvalue weighted by atomic mass is 10.2. The van der Waals surface area contributed by atoms with E-state index in [0.717, 1.165) is 0 Å². The summed E-state index contributed by atoms with van der Waals surface area (Å²) < 4.78 is 23.3. The number of ether oxygens (including phenoxy) is 2. The molecule has 0 atom stereocenters. The smallest absolute Gasteiger partial charge is 0.412 e. The summed E-state index contributed by atoms with van der Waals surface area (Å²) in [6, 6.07) is 1.41. The molecule has 1 N–H and O–H groups in total. The molecule has 5 nitrogen and oxygen atoms in total. The third-order valence-corrected chi connectivity index (χ3v) is 1.91. The van der Waals surface area contributed by atoms with Gasteiger partial charge in [0.2, 0.25) is 0 Å². The molecule has 0 saturated carbocycles. The molecule has 6 heteroatoms. The van der Waals surface area contributed by atoms with E-state index in [2.05, 4.69) is 21.6 Å². The maximum Gasteiger partial charge on any atom is 0.412 e. The average Bonchev–Trinajstić information content (AvgIpc) is 2.32. The molecule has 92 valence electrons. The first-order valence-electron chi connectivity index (χ1n) is 4.91. The van der Waals surface area contributed by atoms with Crippen LogP contribution < -0.4 is 5.32 Å². The van der Waals surface area contributed by atoms with Gasteiger partial charge in [-0.15, -0.1) is 0 Å². The molecule has 1 heterocycles. The van der Waals surface area contributed by atoms with Crippen LogP contribution in [0.5, 0.6) is 0 Å². The zero-order valence-electron chi connectivity index (χ0n) is 9.62. The minimum Gasteiger partial charge on any atom is -0.494 e. The molecule has 0 aliphatic heterocycles. The zero-order chi connectivity index (χ0) is 12.8. The second kappa shape index (κ2) is 5.83. The van der Waals surface area contributed by atoms with E-state index in [1.165, 1.54) is 19.4 Å². The number of nitrogens with zero attached hydrogens (tertiary/aromatic N) is 1. The fourth-order valence-electron chi connectivity index (χ4n) is 1.15. The van der Waals surface area contributed by atoms with Gasteiger partial charge in [-0.25, -0.2) is 14.2 Å². The highest BCUT2D eigenvalue weighted by atomic mass is 19.1. The molecule has 0 fully saturated rings. The van der Waals surface area contributed by atoms with Crippen LogP contribution in [0.4, 0.5) is 15.0 Å². The SMILES string of the molecule is C=C(OCC)c1ccnc(NC(=O)OC)c1F. The Bertz CT molecular complexity index is 435. The molecular formula is C11H13FN2O3. The summed E-state index contributed by atoms with van der Waals surface area (Å²) in [6.07, 6.45) is 0.545. The van der Waals surface area contributed by atoms with Crippen molar-refractivity contribution in [3.05, 3.63) is 30.2 Å². The molecule has 1 aromatic rings. The van der Waals surface area contributed by atoms with Crippen molar-refractivity contribution in [2.24, 2.45) is 0 Å². The predicted octanol–water partition coefficient (Wildman–Crippen LogP) is 2.41. The highest BCUT2D eigenvalue weighted by molar-refractivity contribution is 5.84. The molecule has 1 aromatic heterocycles. The van der Waals surface area contributed by atoms with Crippen molar-refractivity contribution in [1.29, 1.82) is 0 Å². The van der Waals surface area contributed by atoms with Crippen LogP contribution in [0.1, 0.15) is 12.5 Å². The van der Waals surface area contributed by atoms with Crippen molar-refractivity contribution in [2.45, 2.75) is 6.92 Å². The van der Waals surface area contributed by atoms with Gasteiger partial charge < -0.3 is 9.47 Å². The lowest BCUT2D eigenvalue weighted by Crippen LogP contribution is -2.14. The summed E-state index contributed by atoms with van der Waals surface area (Å²) in [4.78, 5) is 14.6. The summed E-state index contributed by atoms with van der Waals surface area (Å²) in [5.74, 6) is -0.758. The lowest BCUT2D eigenvalue weighted by Gasteiger charge is -2.10. The Labute approximate surface area is 98.3 Å². The van der Waals surface area contributed by atoms with Gasteiger partial charge in [0.25, 0.3) is 0 Å². The molecular weight excluding hydrogens is 227 g/mol. The molecule has 0 spiro atoms. The Morgan fingerprint density at radius 3 is 2.94 bits per heavy atom. The maximum atomic E-state index is 13.9. The van der Waals surface area contributed by atoms with E-state index in [-0.39, 0.29) is 17.1 Å². The molecule has 1 rings (SSSR count). The standard InChI is InChI=1S/C11H13FN2O3/c1-4-17-7(2)8-5-6-13-10(9(8)12)14-11(15)16-3/h5-6H,2,4H2,1,3H3,(H,13,14,15). The van der Waals surface area contributed by atoms with E-state index in [1.807, 2.05) is 0 Å². The highest BCUT2D eigenvalue weighted by Crippen LogP contribution is 2.22. The van der Waals surface area contributed by atoms with Gasteiger partial charge in [-0.2, -0.15) is 0 Å². The molecule has 0 aliphatic rings. The van der Waals surface area contributed by atoms with Gasteiger partial charge in [0.15, 0.2) is 11.6 Å². The van der Waals surface area contributed by atoms with Crippen LogP contribution in [0.2, 0.25) is 0 Å². The van der Waals surface area contributed by atoms with E-state index < -0.39 is 11.9 Å². The number of carbonyl (C=O) groups is 1. The number of anilines is 1. The molecule has 17 heavy (non-hydrogen) atoms. The van der Waals surface area contributed by atoms with Gasteiger partial charge in [-0.1, -0.05) is 6.58 Å². The van der Waals surface area contributed by atoms with Crippen molar-refractivity contribution in [2.75, 3.05) is 19.0 Å². The molecule has 0 unspecified atom stereocenters. The topological polar surface area (TPSA) is 60.5 Å². The molecule has 0 radical (unpaired) electrons. The fraction of sp³-hybridized carbons (Fsp3) is 0.273. The minimum absolute atomic E-state index is 0.147. The largest absolute Gasteiger partial charge is 0.494 e. The molecule has 0 bridgehead atoms.